The highest BCUT2D eigenvalue weighted by Gasteiger charge is 2.19. The molecule has 150 valence electrons. The van der Waals surface area contributed by atoms with Gasteiger partial charge in [0.2, 0.25) is 5.88 Å². The van der Waals surface area contributed by atoms with Gasteiger partial charge in [0.15, 0.2) is 0 Å². The molecule has 0 aliphatic carbocycles. The molecule has 1 N–H and O–H groups in total. The zero-order valence-corrected chi connectivity index (χ0v) is 16.8. The third-order valence-electron chi connectivity index (χ3n) is 4.77. The summed E-state index contributed by atoms with van der Waals surface area (Å²) in [6, 6.07) is 27.5. The Bertz CT molecular complexity index is 1120. The van der Waals surface area contributed by atoms with Gasteiger partial charge in [-0.25, -0.2) is 0 Å². The summed E-state index contributed by atoms with van der Waals surface area (Å²) in [7, 11) is 0. The van der Waals surface area contributed by atoms with Crippen LogP contribution in [0.1, 0.15) is 27.0 Å². The van der Waals surface area contributed by atoms with Crippen molar-refractivity contribution in [1.29, 1.82) is 0 Å². The van der Waals surface area contributed by atoms with Crippen molar-refractivity contribution in [1.82, 2.24) is 9.78 Å². The van der Waals surface area contributed by atoms with Crippen molar-refractivity contribution in [3.8, 4) is 5.88 Å². The van der Waals surface area contributed by atoms with E-state index in [1.807, 2.05) is 91.9 Å². The highest BCUT2D eigenvalue weighted by Crippen LogP contribution is 2.22. The van der Waals surface area contributed by atoms with E-state index in [9.17, 15) is 4.79 Å². The number of carbonyl (C=O) groups is 1. The number of amides is 1. The average molecular weight is 397 g/mol. The average Bonchev–Trinajstić information content (AvgIpc) is 3.18. The van der Waals surface area contributed by atoms with Gasteiger partial charge in [0.05, 0.1) is 6.54 Å². The Morgan fingerprint density at radius 1 is 0.900 bits per heavy atom. The summed E-state index contributed by atoms with van der Waals surface area (Å²) in [6.45, 7) is 2.86. The Kier molecular flexibility index (Phi) is 5.90. The van der Waals surface area contributed by atoms with Crippen LogP contribution < -0.4 is 10.1 Å². The summed E-state index contributed by atoms with van der Waals surface area (Å²) in [4.78, 5) is 13.0. The number of aromatic nitrogens is 2. The second kappa shape index (κ2) is 9.09. The van der Waals surface area contributed by atoms with Crippen LogP contribution in [-0.2, 0) is 13.2 Å². The van der Waals surface area contributed by atoms with Crippen molar-refractivity contribution < 1.29 is 9.53 Å². The predicted octanol–water partition coefficient (Wildman–Crippen LogP) is 5.07. The Labute approximate surface area is 175 Å². The van der Waals surface area contributed by atoms with Crippen molar-refractivity contribution in [2.75, 3.05) is 5.32 Å². The Hall–Kier alpha value is -3.86. The first-order chi connectivity index (χ1) is 14.7. The number of rotatable bonds is 7. The smallest absolute Gasteiger partial charge is 0.262 e. The standard InChI is InChI=1S/C25H23N3O2/c1-19-10-8-9-15-23(19)26-24(29)22-17-28(16-20-11-4-2-5-12-20)27-25(22)30-18-21-13-6-3-7-14-21/h2-15,17H,16,18H2,1H3,(H,26,29). The maximum absolute atomic E-state index is 13.0. The molecular formula is C25H23N3O2. The van der Waals surface area contributed by atoms with Gasteiger partial charge in [-0.3, -0.25) is 9.48 Å². The van der Waals surface area contributed by atoms with Gasteiger partial charge in [-0.05, 0) is 29.7 Å². The third-order valence-corrected chi connectivity index (χ3v) is 4.77. The monoisotopic (exact) mass is 397 g/mol. The number of carbonyl (C=O) groups excluding carboxylic acids is 1. The lowest BCUT2D eigenvalue weighted by Crippen LogP contribution is -2.13. The van der Waals surface area contributed by atoms with Crippen LogP contribution in [0.4, 0.5) is 5.69 Å². The SMILES string of the molecule is Cc1ccccc1NC(=O)c1cn(Cc2ccccc2)nc1OCc1ccccc1. The summed E-state index contributed by atoms with van der Waals surface area (Å²) >= 11 is 0. The lowest BCUT2D eigenvalue weighted by atomic mass is 10.2. The lowest BCUT2D eigenvalue weighted by Gasteiger charge is -2.08. The van der Waals surface area contributed by atoms with E-state index < -0.39 is 0 Å². The fourth-order valence-corrected chi connectivity index (χ4v) is 3.15. The van der Waals surface area contributed by atoms with Gasteiger partial charge in [0.1, 0.15) is 12.2 Å². The molecule has 0 aliphatic rings. The highest BCUT2D eigenvalue weighted by molar-refractivity contribution is 6.06. The van der Waals surface area contributed by atoms with Crippen LogP contribution in [0.3, 0.4) is 0 Å². The molecule has 0 unspecified atom stereocenters. The quantitative estimate of drug-likeness (QED) is 0.474. The molecule has 1 aromatic heterocycles. The molecule has 0 aliphatic heterocycles. The molecular weight excluding hydrogens is 374 g/mol. The molecule has 5 heteroatoms. The first-order valence-electron chi connectivity index (χ1n) is 9.84. The fraction of sp³-hybridized carbons (Fsp3) is 0.120. The van der Waals surface area contributed by atoms with Gasteiger partial charge in [0.25, 0.3) is 5.91 Å². The molecule has 0 saturated heterocycles. The van der Waals surface area contributed by atoms with Gasteiger partial charge in [0, 0.05) is 11.9 Å². The number of hydrogen-bond donors (Lipinski definition) is 1. The Morgan fingerprint density at radius 2 is 1.53 bits per heavy atom. The van der Waals surface area contributed by atoms with Crippen molar-refractivity contribution >= 4 is 11.6 Å². The maximum Gasteiger partial charge on any atom is 0.262 e. The van der Waals surface area contributed by atoms with E-state index in [1.54, 1.807) is 10.9 Å². The minimum atomic E-state index is -0.244. The van der Waals surface area contributed by atoms with Crippen LogP contribution in [0.2, 0.25) is 0 Å². The zero-order valence-electron chi connectivity index (χ0n) is 16.8. The number of benzene rings is 3. The van der Waals surface area contributed by atoms with Crippen LogP contribution in [0.25, 0.3) is 0 Å². The number of hydrogen-bond acceptors (Lipinski definition) is 3. The van der Waals surface area contributed by atoms with E-state index in [0.717, 1.165) is 22.4 Å². The maximum atomic E-state index is 13.0. The van der Waals surface area contributed by atoms with Crippen molar-refractivity contribution in [3.05, 3.63) is 113 Å². The van der Waals surface area contributed by atoms with E-state index in [4.69, 9.17) is 4.74 Å². The van der Waals surface area contributed by atoms with Crippen molar-refractivity contribution in [2.45, 2.75) is 20.1 Å². The number of para-hydroxylation sites is 1. The molecule has 0 atom stereocenters. The molecule has 0 radical (unpaired) electrons. The normalized spacial score (nSPS) is 10.6. The molecule has 30 heavy (non-hydrogen) atoms. The number of nitrogens with one attached hydrogen (secondary N) is 1. The Morgan fingerprint density at radius 3 is 2.23 bits per heavy atom. The minimum Gasteiger partial charge on any atom is -0.471 e. The van der Waals surface area contributed by atoms with Gasteiger partial charge in [-0.15, -0.1) is 5.10 Å². The fourth-order valence-electron chi connectivity index (χ4n) is 3.15. The topological polar surface area (TPSA) is 56.2 Å². The molecule has 0 saturated carbocycles. The summed E-state index contributed by atoms with van der Waals surface area (Å²) in [6.07, 6.45) is 1.74. The van der Waals surface area contributed by atoms with Gasteiger partial charge in [-0.1, -0.05) is 78.9 Å². The zero-order chi connectivity index (χ0) is 20.8. The van der Waals surface area contributed by atoms with E-state index in [2.05, 4.69) is 10.4 Å². The van der Waals surface area contributed by atoms with E-state index in [1.165, 1.54) is 0 Å². The molecule has 4 aromatic rings. The summed E-state index contributed by atoms with van der Waals surface area (Å²) in [5, 5.41) is 7.51. The van der Waals surface area contributed by atoms with Crippen molar-refractivity contribution in [3.63, 3.8) is 0 Å². The largest absolute Gasteiger partial charge is 0.471 e. The van der Waals surface area contributed by atoms with Crippen molar-refractivity contribution in [2.24, 2.45) is 0 Å². The first kappa shape index (κ1) is 19.5. The second-order valence-corrected chi connectivity index (χ2v) is 7.07. The van der Waals surface area contributed by atoms with Crippen LogP contribution in [-0.4, -0.2) is 15.7 Å². The predicted molar refractivity (Wildman–Crippen MR) is 118 cm³/mol. The molecule has 1 amide bonds. The number of ether oxygens (including phenoxy) is 1. The van der Waals surface area contributed by atoms with Gasteiger partial charge in [-0.2, -0.15) is 0 Å². The second-order valence-electron chi connectivity index (χ2n) is 7.07. The molecule has 0 fully saturated rings. The van der Waals surface area contributed by atoms with E-state index in [-0.39, 0.29) is 5.91 Å². The van der Waals surface area contributed by atoms with Gasteiger partial charge >= 0.3 is 0 Å². The molecule has 1 heterocycles. The minimum absolute atomic E-state index is 0.244. The summed E-state index contributed by atoms with van der Waals surface area (Å²) < 4.78 is 7.68. The van der Waals surface area contributed by atoms with E-state index in [0.29, 0.717) is 24.6 Å². The highest BCUT2D eigenvalue weighted by atomic mass is 16.5. The molecule has 0 bridgehead atoms. The number of anilines is 1. The van der Waals surface area contributed by atoms with Crippen LogP contribution in [0.5, 0.6) is 5.88 Å². The lowest BCUT2D eigenvalue weighted by molar-refractivity contribution is 0.102. The molecule has 0 spiro atoms. The number of aryl methyl sites for hydroxylation is 1. The Balaban J connectivity index is 1.58. The molecule has 5 nitrogen and oxygen atoms in total. The number of nitrogens with zero attached hydrogens (tertiary/aromatic N) is 2. The summed E-state index contributed by atoms with van der Waals surface area (Å²) in [5.41, 5.74) is 4.28. The summed E-state index contributed by atoms with van der Waals surface area (Å²) in [5.74, 6) is 0.0764. The van der Waals surface area contributed by atoms with Crippen LogP contribution in [0, 0.1) is 6.92 Å². The first-order valence-corrected chi connectivity index (χ1v) is 9.84. The van der Waals surface area contributed by atoms with Gasteiger partial charge < -0.3 is 10.1 Å². The third kappa shape index (κ3) is 4.75. The molecule has 4 rings (SSSR count). The molecule has 3 aromatic carbocycles. The van der Waals surface area contributed by atoms with Crippen LogP contribution in [0.15, 0.2) is 91.1 Å². The van der Waals surface area contributed by atoms with E-state index >= 15 is 0 Å². The van der Waals surface area contributed by atoms with Crippen LogP contribution >= 0.6 is 0 Å².